The van der Waals surface area contributed by atoms with Crippen LogP contribution >= 0.6 is 0 Å². The molecule has 27 heavy (non-hydrogen) atoms. The van der Waals surface area contributed by atoms with Gasteiger partial charge < -0.3 is 14.5 Å². The second kappa shape index (κ2) is 8.83. The van der Waals surface area contributed by atoms with Gasteiger partial charge in [-0.3, -0.25) is 4.79 Å². The summed E-state index contributed by atoms with van der Waals surface area (Å²) in [7, 11) is -3.86. The van der Waals surface area contributed by atoms with Crippen LogP contribution in [0.1, 0.15) is 35.5 Å². The number of aryl methyl sites for hydroxylation is 1. The maximum absolute atomic E-state index is 12.5. The minimum atomic E-state index is -3.86. The van der Waals surface area contributed by atoms with Gasteiger partial charge in [0.05, 0.1) is 23.3 Å². The van der Waals surface area contributed by atoms with Gasteiger partial charge in [-0.25, -0.2) is 17.9 Å². The number of hydrogen-bond acceptors (Lipinski definition) is 6. The number of amides is 1. The van der Waals surface area contributed by atoms with Crippen LogP contribution in [0.25, 0.3) is 0 Å². The highest BCUT2D eigenvalue weighted by atomic mass is 32.2. The van der Waals surface area contributed by atoms with Crippen LogP contribution in [0.4, 0.5) is 0 Å². The maximum atomic E-state index is 12.5. The molecule has 2 aromatic rings. The first-order chi connectivity index (χ1) is 12.7. The van der Waals surface area contributed by atoms with Crippen LogP contribution in [0.3, 0.4) is 0 Å². The van der Waals surface area contributed by atoms with Crippen molar-refractivity contribution in [2.24, 2.45) is 0 Å². The fraction of sp³-hybridized carbons (Fsp3) is 0.333. The van der Waals surface area contributed by atoms with Crippen LogP contribution in [0.2, 0.25) is 0 Å². The number of furan rings is 1. The zero-order chi connectivity index (χ0) is 20.0. The predicted molar refractivity (Wildman–Crippen MR) is 97.5 cm³/mol. The van der Waals surface area contributed by atoms with Crippen LogP contribution in [-0.4, -0.2) is 32.9 Å². The fourth-order valence-electron chi connectivity index (χ4n) is 2.25. The molecule has 0 aliphatic rings. The molecule has 1 amide bonds. The summed E-state index contributed by atoms with van der Waals surface area (Å²) in [5.41, 5.74) is 0.611. The third-order valence-electron chi connectivity index (χ3n) is 3.76. The van der Waals surface area contributed by atoms with E-state index in [-0.39, 0.29) is 17.0 Å². The van der Waals surface area contributed by atoms with Gasteiger partial charge in [-0.15, -0.1) is 0 Å². The van der Waals surface area contributed by atoms with E-state index in [4.69, 9.17) is 9.15 Å². The van der Waals surface area contributed by atoms with E-state index in [0.717, 1.165) is 0 Å². The molecule has 0 radical (unpaired) electrons. The molecule has 0 fully saturated rings. The molecule has 1 atom stereocenters. The smallest absolute Gasteiger partial charge is 0.339 e. The van der Waals surface area contributed by atoms with E-state index >= 15 is 0 Å². The fourth-order valence-corrected chi connectivity index (χ4v) is 3.27. The summed E-state index contributed by atoms with van der Waals surface area (Å²) in [4.78, 5) is 24.0. The van der Waals surface area contributed by atoms with Gasteiger partial charge >= 0.3 is 5.97 Å². The number of sulfonamides is 1. The van der Waals surface area contributed by atoms with E-state index in [1.807, 2.05) is 0 Å². The Morgan fingerprint density at radius 2 is 2.00 bits per heavy atom. The molecule has 0 aliphatic carbocycles. The third-order valence-corrected chi connectivity index (χ3v) is 5.16. The van der Waals surface area contributed by atoms with Crippen molar-refractivity contribution in [2.75, 3.05) is 6.54 Å². The molecule has 9 heteroatoms. The number of hydrogen-bond donors (Lipinski definition) is 2. The molecule has 0 spiro atoms. The lowest BCUT2D eigenvalue weighted by molar-refractivity contribution is -0.128. The van der Waals surface area contributed by atoms with Crippen molar-refractivity contribution in [3.63, 3.8) is 0 Å². The molecule has 2 N–H and O–H groups in total. The van der Waals surface area contributed by atoms with Crippen LogP contribution in [0, 0.1) is 6.92 Å². The Kier molecular flexibility index (Phi) is 6.75. The highest BCUT2D eigenvalue weighted by Crippen LogP contribution is 2.18. The van der Waals surface area contributed by atoms with Crippen LogP contribution in [-0.2, 0) is 26.1 Å². The first-order valence-electron chi connectivity index (χ1n) is 8.36. The number of carbonyl (C=O) groups is 2. The van der Waals surface area contributed by atoms with Crippen LogP contribution < -0.4 is 10.0 Å². The summed E-state index contributed by atoms with van der Waals surface area (Å²) in [6, 6.07) is 7.42. The molecular weight excluding hydrogens is 372 g/mol. The van der Waals surface area contributed by atoms with Crippen molar-refractivity contribution in [1.82, 2.24) is 10.0 Å². The van der Waals surface area contributed by atoms with E-state index in [2.05, 4.69) is 10.0 Å². The number of carbonyl (C=O) groups excluding carboxylic acids is 2. The molecule has 1 aromatic heterocycles. The molecule has 8 nitrogen and oxygen atoms in total. The summed E-state index contributed by atoms with van der Waals surface area (Å²) in [5.74, 6) is -0.734. The quantitative estimate of drug-likeness (QED) is 0.659. The average molecular weight is 394 g/mol. The number of benzene rings is 1. The summed E-state index contributed by atoms with van der Waals surface area (Å²) < 4.78 is 37.6. The summed E-state index contributed by atoms with van der Waals surface area (Å²) in [5, 5.41) is 2.55. The first-order valence-corrected chi connectivity index (χ1v) is 9.84. The van der Waals surface area contributed by atoms with Crippen molar-refractivity contribution < 1.29 is 27.2 Å². The minimum absolute atomic E-state index is 0.0167. The standard InChI is InChI=1S/C18H22N2O6S/c1-4-19-17(21)13(3)26-18(22)16-10-15(8-7-12(16)2)27(23,24)20-11-14-6-5-9-25-14/h5-10,13,20H,4,11H2,1-3H3,(H,19,21). The lowest BCUT2D eigenvalue weighted by atomic mass is 10.1. The van der Waals surface area contributed by atoms with E-state index < -0.39 is 28.0 Å². The topological polar surface area (TPSA) is 115 Å². The van der Waals surface area contributed by atoms with E-state index in [0.29, 0.717) is 17.9 Å². The Balaban J connectivity index is 2.16. The average Bonchev–Trinajstić information content (AvgIpc) is 3.14. The molecule has 0 aliphatic heterocycles. The largest absolute Gasteiger partial charge is 0.468 e. The summed E-state index contributed by atoms with van der Waals surface area (Å²) >= 11 is 0. The molecule has 1 heterocycles. The van der Waals surface area contributed by atoms with Crippen LogP contribution in [0.15, 0.2) is 45.9 Å². The zero-order valence-corrected chi connectivity index (χ0v) is 16.1. The Hall–Kier alpha value is -2.65. The Morgan fingerprint density at radius 1 is 1.26 bits per heavy atom. The minimum Gasteiger partial charge on any atom is -0.468 e. The number of likely N-dealkylation sites (N-methyl/N-ethyl adjacent to an activating group) is 1. The Labute approximate surface area is 157 Å². The van der Waals surface area contributed by atoms with Gasteiger partial charge in [-0.05, 0) is 50.6 Å². The number of nitrogens with one attached hydrogen (secondary N) is 2. The highest BCUT2D eigenvalue weighted by Gasteiger charge is 2.22. The Morgan fingerprint density at radius 3 is 2.63 bits per heavy atom. The molecule has 0 saturated carbocycles. The molecular formula is C18H22N2O6S. The first kappa shape index (κ1) is 20.7. The second-order valence-corrected chi connectivity index (χ2v) is 7.59. The lowest BCUT2D eigenvalue weighted by Gasteiger charge is -2.14. The van der Waals surface area contributed by atoms with Gasteiger partial charge in [0, 0.05) is 6.54 Å². The van der Waals surface area contributed by atoms with Gasteiger partial charge in [0.2, 0.25) is 10.0 Å². The molecule has 1 aromatic carbocycles. The number of esters is 1. The van der Waals surface area contributed by atoms with Crippen LogP contribution in [0.5, 0.6) is 0 Å². The van der Waals surface area contributed by atoms with Crippen molar-refractivity contribution >= 4 is 21.9 Å². The lowest BCUT2D eigenvalue weighted by Crippen LogP contribution is -2.35. The zero-order valence-electron chi connectivity index (χ0n) is 15.3. The van der Waals surface area contributed by atoms with E-state index in [1.165, 1.54) is 31.4 Å². The van der Waals surface area contributed by atoms with Gasteiger partial charge in [-0.1, -0.05) is 6.07 Å². The van der Waals surface area contributed by atoms with Crippen molar-refractivity contribution in [3.05, 3.63) is 53.5 Å². The second-order valence-electron chi connectivity index (χ2n) is 5.82. The van der Waals surface area contributed by atoms with Crippen molar-refractivity contribution in [1.29, 1.82) is 0 Å². The molecule has 0 bridgehead atoms. The third kappa shape index (κ3) is 5.41. The molecule has 146 valence electrons. The molecule has 2 rings (SSSR count). The van der Waals surface area contributed by atoms with Crippen molar-refractivity contribution in [3.8, 4) is 0 Å². The van der Waals surface area contributed by atoms with Gasteiger partial charge in [0.25, 0.3) is 5.91 Å². The van der Waals surface area contributed by atoms with Crippen molar-refractivity contribution in [2.45, 2.75) is 38.3 Å². The molecule has 0 saturated heterocycles. The normalized spacial score (nSPS) is 12.4. The molecule has 1 unspecified atom stereocenters. The van der Waals surface area contributed by atoms with Gasteiger partial charge in [-0.2, -0.15) is 0 Å². The summed E-state index contributed by atoms with van der Waals surface area (Å²) in [6.07, 6.45) is 0.452. The van der Waals surface area contributed by atoms with Gasteiger partial charge in [0.15, 0.2) is 6.10 Å². The van der Waals surface area contributed by atoms with E-state index in [1.54, 1.807) is 26.0 Å². The maximum Gasteiger partial charge on any atom is 0.339 e. The monoisotopic (exact) mass is 394 g/mol. The number of ether oxygens (including phenoxy) is 1. The summed E-state index contributed by atoms with van der Waals surface area (Å²) in [6.45, 7) is 5.25. The van der Waals surface area contributed by atoms with Gasteiger partial charge in [0.1, 0.15) is 5.76 Å². The SMILES string of the molecule is CCNC(=O)C(C)OC(=O)c1cc(S(=O)(=O)NCc2ccco2)ccc1C. The number of rotatable bonds is 8. The van der Waals surface area contributed by atoms with E-state index in [9.17, 15) is 18.0 Å². The highest BCUT2D eigenvalue weighted by molar-refractivity contribution is 7.89. The Bertz CT molecular complexity index is 906. The predicted octanol–water partition coefficient (Wildman–Crippen LogP) is 1.75.